The van der Waals surface area contributed by atoms with Crippen LogP contribution in [0.15, 0.2) is 47.4 Å². The summed E-state index contributed by atoms with van der Waals surface area (Å²) in [5, 5.41) is 0. The van der Waals surface area contributed by atoms with E-state index in [2.05, 4.69) is 0 Å². The number of methoxy groups -OCH3 is 1. The molecule has 0 unspecified atom stereocenters. The quantitative estimate of drug-likeness (QED) is 0.708. The Balaban J connectivity index is 1.85. The van der Waals surface area contributed by atoms with Crippen LogP contribution in [0.3, 0.4) is 0 Å². The van der Waals surface area contributed by atoms with Crippen molar-refractivity contribution in [1.82, 2.24) is 0 Å². The molecule has 0 saturated carbocycles. The molecule has 160 valence electrons. The Morgan fingerprint density at radius 3 is 2.53 bits per heavy atom. The topological polar surface area (TPSA) is 101 Å². The minimum Gasteiger partial charge on any atom is -0.495 e. The molecule has 2 aliphatic heterocycles. The van der Waals surface area contributed by atoms with Gasteiger partial charge in [-0.15, -0.1) is 0 Å². The van der Waals surface area contributed by atoms with E-state index < -0.39 is 31.9 Å². The standard InChI is InChI=1S/C20H22N2O6S2/c1-14-13-29(24,25)22(20(14)23)16-9-10-18(28-2)19(12-16)30(26,27)21-11-5-7-15-6-3-4-8-17(15)21/h3-4,6,8-10,12,14H,5,7,11,13H2,1-2H3/t14-/m0/s1. The Morgan fingerprint density at radius 2 is 1.87 bits per heavy atom. The molecule has 0 aliphatic carbocycles. The van der Waals surface area contributed by atoms with Crippen molar-refractivity contribution >= 4 is 37.3 Å². The number of ether oxygens (including phenoxy) is 1. The summed E-state index contributed by atoms with van der Waals surface area (Å²) in [7, 11) is -6.58. The molecule has 2 aliphatic rings. The molecular weight excluding hydrogens is 428 g/mol. The molecule has 4 rings (SSSR count). The molecular formula is C20H22N2O6S2. The summed E-state index contributed by atoms with van der Waals surface area (Å²) >= 11 is 0. The van der Waals surface area contributed by atoms with E-state index >= 15 is 0 Å². The number of nitrogens with zero attached hydrogens (tertiary/aromatic N) is 2. The molecule has 0 aromatic heterocycles. The second kappa shape index (κ2) is 7.28. The lowest BCUT2D eigenvalue weighted by molar-refractivity contribution is -0.119. The molecule has 2 heterocycles. The molecule has 10 heteroatoms. The summed E-state index contributed by atoms with van der Waals surface area (Å²) in [4.78, 5) is 12.3. The van der Waals surface area contributed by atoms with Crippen LogP contribution in [-0.2, 0) is 31.3 Å². The van der Waals surface area contributed by atoms with Crippen molar-refractivity contribution in [3.8, 4) is 5.75 Å². The van der Waals surface area contributed by atoms with Gasteiger partial charge in [0.25, 0.3) is 10.0 Å². The number of hydrogen-bond acceptors (Lipinski definition) is 6. The molecule has 30 heavy (non-hydrogen) atoms. The van der Waals surface area contributed by atoms with Crippen molar-refractivity contribution in [3.63, 3.8) is 0 Å². The monoisotopic (exact) mass is 450 g/mol. The predicted octanol–water partition coefficient (Wildman–Crippen LogP) is 2.15. The van der Waals surface area contributed by atoms with Crippen molar-refractivity contribution in [2.45, 2.75) is 24.7 Å². The Bertz CT molecular complexity index is 1220. The molecule has 1 fully saturated rings. The summed E-state index contributed by atoms with van der Waals surface area (Å²) in [6, 6.07) is 11.2. The van der Waals surface area contributed by atoms with Gasteiger partial charge in [-0.1, -0.05) is 25.1 Å². The number of aryl methyl sites for hydroxylation is 1. The van der Waals surface area contributed by atoms with Crippen molar-refractivity contribution in [2.75, 3.05) is 28.0 Å². The van der Waals surface area contributed by atoms with Crippen molar-refractivity contribution in [3.05, 3.63) is 48.0 Å². The highest BCUT2D eigenvalue weighted by Gasteiger charge is 2.43. The summed E-state index contributed by atoms with van der Waals surface area (Å²) < 4.78 is 59.4. The fourth-order valence-electron chi connectivity index (χ4n) is 3.95. The number of anilines is 2. The second-order valence-corrected chi connectivity index (χ2v) is 11.1. The highest BCUT2D eigenvalue weighted by Crippen LogP contribution is 2.38. The second-order valence-electron chi connectivity index (χ2n) is 7.43. The van der Waals surface area contributed by atoms with Gasteiger partial charge < -0.3 is 4.74 Å². The van der Waals surface area contributed by atoms with Crippen LogP contribution in [0.1, 0.15) is 18.9 Å². The van der Waals surface area contributed by atoms with Crippen LogP contribution >= 0.6 is 0 Å². The van der Waals surface area contributed by atoms with Gasteiger partial charge in [-0.3, -0.25) is 9.10 Å². The SMILES string of the molecule is COc1ccc(N2C(=O)[C@@H](C)CS2(=O)=O)cc1S(=O)(=O)N1CCCc2ccccc21. The number of fused-ring (bicyclic) bond motifs is 1. The third kappa shape index (κ3) is 3.24. The first-order chi connectivity index (χ1) is 14.2. The number of benzene rings is 2. The van der Waals surface area contributed by atoms with Gasteiger partial charge in [0, 0.05) is 6.54 Å². The van der Waals surface area contributed by atoms with Crippen LogP contribution in [0.25, 0.3) is 0 Å². The van der Waals surface area contributed by atoms with E-state index in [-0.39, 0.29) is 22.1 Å². The summed E-state index contributed by atoms with van der Waals surface area (Å²) in [6.45, 7) is 1.83. The lowest BCUT2D eigenvalue weighted by Gasteiger charge is -2.31. The van der Waals surface area contributed by atoms with Crippen molar-refractivity contribution in [2.24, 2.45) is 5.92 Å². The minimum absolute atomic E-state index is 0.00554. The van der Waals surface area contributed by atoms with Gasteiger partial charge in [0.05, 0.1) is 30.2 Å². The van der Waals surface area contributed by atoms with E-state index in [1.807, 2.05) is 12.1 Å². The maximum Gasteiger partial charge on any atom is 0.268 e. The normalized spacial score (nSPS) is 20.9. The van der Waals surface area contributed by atoms with E-state index in [1.165, 1.54) is 36.5 Å². The number of carbonyl (C=O) groups is 1. The van der Waals surface area contributed by atoms with Gasteiger partial charge in [0.2, 0.25) is 15.9 Å². The number of sulfonamides is 2. The van der Waals surface area contributed by atoms with E-state index in [0.29, 0.717) is 23.0 Å². The Labute approximate surface area is 176 Å². The lowest BCUT2D eigenvalue weighted by atomic mass is 10.0. The number of amides is 1. The largest absolute Gasteiger partial charge is 0.495 e. The molecule has 2 aromatic rings. The minimum atomic E-state index is -4.06. The molecule has 2 aromatic carbocycles. The van der Waals surface area contributed by atoms with Gasteiger partial charge in [0.15, 0.2) is 0 Å². The van der Waals surface area contributed by atoms with Crippen LogP contribution in [0, 0.1) is 5.92 Å². The van der Waals surface area contributed by atoms with E-state index in [1.54, 1.807) is 12.1 Å². The number of para-hydroxylation sites is 1. The first kappa shape index (κ1) is 20.7. The number of rotatable bonds is 4. The highest BCUT2D eigenvalue weighted by atomic mass is 32.2. The lowest BCUT2D eigenvalue weighted by Crippen LogP contribution is -2.36. The third-order valence-corrected chi connectivity index (χ3v) is 9.08. The van der Waals surface area contributed by atoms with Crippen molar-refractivity contribution in [1.29, 1.82) is 0 Å². The van der Waals surface area contributed by atoms with Gasteiger partial charge >= 0.3 is 0 Å². The molecule has 1 saturated heterocycles. The molecule has 0 bridgehead atoms. The molecule has 8 nitrogen and oxygen atoms in total. The van der Waals surface area contributed by atoms with E-state index in [0.717, 1.165) is 12.0 Å². The zero-order valence-electron chi connectivity index (χ0n) is 16.6. The predicted molar refractivity (Wildman–Crippen MR) is 113 cm³/mol. The molecule has 1 amide bonds. The van der Waals surface area contributed by atoms with Gasteiger partial charge in [-0.05, 0) is 42.7 Å². The Kier molecular flexibility index (Phi) is 5.01. The van der Waals surface area contributed by atoms with Crippen LogP contribution < -0.4 is 13.3 Å². The molecule has 1 atom stereocenters. The van der Waals surface area contributed by atoms with E-state index in [9.17, 15) is 21.6 Å². The first-order valence-corrected chi connectivity index (χ1v) is 12.6. The fourth-order valence-corrected chi connectivity index (χ4v) is 7.48. The smallest absolute Gasteiger partial charge is 0.268 e. The third-order valence-electron chi connectivity index (χ3n) is 5.38. The maximum atomic E-state index is 13.6. The number of hydrogen-bond donors (Lipinski definition) is 0. The zero-order valence-corrected chi connectivity index (χ0v) is 18.2. The summed E-state index contributed by atoms with van der Waals surface area (Å²) in [5.74, 6) is -1.49. The van der Waals surface area contributed by atoms with Crippen LogP contribution in [-0.4, -0.2) is 42.2 Å². The summed E-state index contributed by atoms with van der Waals surface area (Å²) in [6.07, 6.45) is 1.44. The van der Waals surface area contributed by atoms with Crippen molar-refractivity contribution < 1.29 is 26.4 Å². The summed E-state index contributed by atoms with van der Waals surface area (Å²) in [5.41, 5.74) is 1.51. The van der Waals surface area contributed by atoms with E-state index in [4.69, 9.17) is 4.74 Å². The number of carbonyl (C=O) groups excluding carboxylic acids is 1. The van der Waals surface area contributed by atoms with Crippen LogP contribution in [0.5, 0.6) is 5.75 Å². The highest BCUT2D eigenvalue weighted by molar-refractivity contribution is 7.94. The van der Waals surface area contributed by atoms with Gasteiger partial charge in [-0.25, -0.2) is 21.1 Å². The van der Waals surface area contributed by atoms with Gasteiger partial charge in [0.1, 0.15) is 10.6 Å². The molecule has 0 spiro atoms. The van der Waals surface area contributed by atoms with Crippen LogP contribution in [0.4, 0.5) is 11.4 Å². The maximum absolute atomic E-state index is 13.6. The zero-order chi connectivity index (χ0) is 21.7. The molecule has 0 N–H and O–H groups in total. The van der Waals surface area contributed by atoms with Crippen LogP contribution in [0.2, 0.25) is 0 Å². The average Bonchev–Trinajstić information content (AvgIpc) is 2.93. The average molecular weight is 451 g/mol. The fraction of sp³-hybridized carbons (Fsp3) is 0.350. The Morgan fingerprint density at radius 1 is 1.13 bits per heavy atom. The Hall–Kier alpha value is -2.59. The first-order valence-electron chi connectivity index (χ1n) is 9.52. The van der Waals surface area contributed by atoms with Gasteiger partial charge in [-0.2, -0.15) is 0 Å². The molecule has 0 radical (unpaired) electrons.